The second-order valence-electron chi connectivity index (χ2n) is 6.49. The van der Waals surface area contributed by atoms with Gasteiger partial charge in [0.15, 0.2) is 17.5 Å². The molecule has 1 fully saturated rings. The fourth-order valence-electron chi connectivity index (χ4n) is 3.22. The number of pyridine rings is 1. The van der Waals surface area contributed by atoms with Crippen molar-refractivity contribution in [1.29, 1.82) is 0 Å². The number of ether oxygens (including phenoxy) is 2. The van der Waals surface area contributed by atoms with E-state index in [2.05, 4.69) is 10.3 Å². The van der Waals surface area contributed by atoms with Gasteiger partial charge >= 0.3 is 0 Å². The second-order valence-corrected chi connectivity index (χ2v) is 6.49. The van der Waals surface area contributed by atoms with E-state index in [9.17, 15) is 0 Å². The summed E-state index contributed by atoms with van der Waals surface area (Å²) in [5.41, 5.74) is 1.98. The predicted octanol–water partition coefficient (Wildman–Crippen LogP) is 2.23. The van der Waals surface area contributed by atoms with Crippen LogP contribution in [0.1, 0.15) is 29.0 Å². The minimum Gasteiger partial charge on any atom is -0.496 e. The van der Waals surface area contributed by atoms with Crippen molar-refractivity contribution >= 4 is 0 Å². The molecule has 0 unspecified atom stereocenters. The van der Waals surface area contributed by atoms with E-state index in [-0.39, 0.29) is 6.10 Å². The first-order valence-electron chi connectivity index (χ1n) is 9.08. The van der Waals surface area contributed by atoms with Gasteiger partial charge in [-0.25, -0.2) is 9.97 Å². The Labute approximate surface area is 158 Å². The van der Waals surface area contributed by atoms with Crippen LogP contribution in [0.3, 0.4) is 0 Å². The monoisotopic (exact) mass is 365 g/mol. The summed E-state index contributed by atoms with van der Waals surface area (Å²) >= 11 is 0. The third-order valence-electron chi connectivity index (χ3n) is 4.52. The maximum atomic E-state index is 5.93. The number of aryl methyl sites for hydroxylation is 1. The van der Waals surface area contributed by atoms with E-state index < -0.39 is 0 Å². The zero-order chi connectivity index (χ0) is 18.6. The van der Waals surface area contributed by atoms with Gasteiger partial charge in [-0.2, -0.15) is 4.68 Å². The van der Waals surface area contributed by atoms with Crippen LogP contribution in [0.2, 0.25) is 0 Å². The minimum absolute atomic E-state index is 0.153. The second kappa shape index (κ2) is 7.85. The zero-order valence-corrected chi connectivity index (χ0v) is 15.6. The summed E-state index contributed by atoms with van der Waals surface area (Å²) in [5.74, 6) is 3.06. The molecule has 0 radical (unpaired) electrons. The molecule has 2 aromatic heterocycles. The number of nitrogens with one attached hydrogen (secondary N) is 1. The number of rotatable bonds is 5. The van der Waals surface area contributed by atoms with Gasteiger partial charge in [0, 0.05) is 30.8 Å². The maximum absolute atomic E-state index is 5.93. The number of benzene rings is 1. The van der Waals surface area contributed by atoms with E-state index in [1.807, 2.05) is 49.4 Å². The van der Waals surface area contributed by atoms with Crippen molar-refractivity contribution in [1.82, 2.24) is 25.1 Å². The Kier molecular flexibility index (Phi) is 5.13. The largest absolute Gasteiger partial charge is 0.496 e. The molecule has 140 valence electrons. The highest BCUT2D eigenvalue weighted by Crippen LogP contribution is 2.23. The Hall–Kier alpha value is -2.77. The summed E-state index contributed by atoms with van der Waals surface area (Å²) in [4.78, 5) is 9.41. The van der Waals surface area contributed by atoms with Gasteiger partial charge in [-0.05, 0) is 25.1 Å². The lowest BCUT2D eigenvalue weighted by Crippen LogP contribution is -2.34. The summed E-state index contributed by atoms with van der Waals surface area (Å²) in [5, 5.41) is 8.10. The molecule has 1 aliphatic rings. The highest BCUT2D eigenvalue weighted by Gasteiger charge is 2.25. The number of morpholine rings is 1. The van der Waals surface area contributed by atoms with Crippen LogP contribution in [0.4, 0.5) is 0 Å². The number of nitrogens with zero attached hydrogens (tertiary/aromatic N) is 4. The molecule has 1 aliphatic heterocycles. The smallest absolute Gasteiger partial charge is 0.164 e. The number of methoxy groups -OCH3 is 1. The molecule has 3 aromatic rings. The van der Waals surface area contributed by atoms with Crippen LogP contribution in [-0.2, 0) is 11.2 Å². The van der Waals surface area contributed by atoms with Gasteiger partial charge in [0.25, 0.3) is 0 Å². The average molecular weight is 365 g/mol. The molecule has 1 saturated heterocycles. The summed E-state index contributed by atoms with van der Waals surface area (Å²) < 4.78 is 13.2. The van der Waals surface area contributed by atoms with Crippen LogP contribution in [0.25, 0.3) is 5.82 Å². The van der Waals surface area contributed by atoms with Crippen LogP contribution in [0, 0.1) is 6.92 Å². The third-order valence-corrected chi connectivity index (χ3v) is 4.52. The predicted molar refractivity (Wildman–Crippen MR) is 101 cm³/mol. The number of hydrogen-bond acceptors (Lipinski definition) is 6. The van der Waals surface area contributed by atoms with Crippen LogP contribution in [0.5, 0.6) is 5.75 Å². The molecule has 0 saturated carbocycles. The standard InChI is InChI=1S/C20H23N5O2/c1-14-6-5-9-19(22-14)25-20(17-13-21-10-11-27-17)23-18(24-25)12-15-7-3-4-8-16(15)26-2/h3-9,17,21H,10-13H2,1-2H3/t17-/m1/s1. The fourth-order valence-corrected chi connectivity index (χ4v) is 3.22. The molecule has 0 amide bonds. The van der Waals surface area contributed by atoms with Crippen molar-refractivity contribution in [3.63, 3.8) is 0 Å². The Morgan fingerprint density at radius 3 is 2.85 bits per heavy atom. The quantitative estimate of drug-likeness (QED) is 0.747. The molecular formula is C20H23N5O2. The topological polar surface area (TPSA) is 74.1 Å². The summed E-state index contributed by atoms with van der Waals surface area (Å²) in [6.07, 6.45) is 0.427. The fraction of sp³-hybridized carbons (Fsp3) is 0.350. The SMILES string of the molecule is COc1ccccc1Cc1nc([C@H]2CNCCO2)n(-c2cccc(C)n2)n1. The van der Waals surface area contributed by atoms with E-state index in [0.29, 0.717) is 25.4 Å². The molecule has 7 nitrogen and oxygen atoms in total. The lowest BCUT2D eigenvalue weighted by atomic mass is 10.1. The van der Waals surface area contributed by atoms with Crippen molar-refractivity contribution < 1.29 is 9.47 Å². The first-order valence-corrected chi connectivity index (χ1v) is 9.08. The third kappa shape index (κ3) is 3.84. The molecule has 0 spiro atoms. The van der Waals surface area contributed by atoms with E-state index in [1.165, 1.54) is 0 Å². The van der Waals surface area contributed by atoms with Crippen molar-refractivity contribution in [2.24, 2.45) is 0 Å². The van der Waals surface area contributed by atoms with Gasteiger partial charge < -0.3 is 14.8 Å². The zero-order valence-electron chi connectivity index (χ0n) is 15.6. The van der Waals surface area contributed by atoms with Gasteiger partial charge in [-0.15, -0.1) is 5.10 Å². The maximum Gasteiger partial charge on any atom is 0.164 e. The lowest BCUT2D eigenvalue weighted by Gasteiger charge is -2.23. The highest BCUT2D eigenvalue weighted by molar-refractivity contribution is 5.35. The van der Waals surface area contributed by atoms with Crippen LogP contribution in [-0.4, -0.2) is 46.6 Å². The number of hydrogen-bond donors (Lipinski definition) is 1. The van der Waals surface area contributed by atoms with Gasteiger partial charge in [0.05, 0.1) is 13.7 Å². The summed E-state index contributed by atoms with van der Waals surface area (Å²) in [6.45, 7) is 4.18. The van der Waals surface area contributed by atoms with Crippen molar-refractivity contribution in [3.05, 3.63) is 65.4 Å². The molecule has 0 aliphatic carbocycles. The van der Waals surface area contributed by atoms with E-state index in [1.54, 1.807) is 11.8 Å². The molecule has 7 heteroatoms. The van der Waals surface area contributed by atoms with Crippen molar-refractivity contribution in [2.45, 2.75) is 19.4 Å². The van der Waals surface area contributed by atoms with Gasteiger partial charge in [0.2, 0.25) is 0 Å². The Morgan fingerprint density at radius 1 is 1.19 bits per heavy atom. The lowest BCUT2D eigenvalue weighted by molar-refractivity contribution is 0.0207. The molecule has 0 bridgehead atoms. The molecule has 1 aromatic carbocycles. The summed E-state index contributed by atoms with van der Waals surface area (Å²) in [6, 6.07) is 13.8. The van der Waals surface area contributed by atoms with Gasteiger partial charge in [-0.3, -0.25) is 0 Å². The molecule has 1 N–H and O–H groups in total. The first-order chi connectivity index (χ1) is 13.2. The number of para-hydroxylation sites is 1. The highest BCUT2D eigenvalue weighted by atomic mass is 16.5. The number of aromatic nitrogens is 4. The summed E-state index contributed by atoms with van der Waals surface area (Å²) in [7, 11) is 1.68. The van der Waals surface area contributed by atoms with E-state index in [4.69, 9.17) is 19.6 Å². The Balaban J connectivity index is 1.73. The van der Waals surface area contributed by atoms with Gasteiger partial charge in [-0.1, -0.05) is 24.3 Å². The van der Waals surface area contributed by atoms with Crippen LogP contribution < -0.4 is 10.1 Å². The normalized spacial score (nSPS) is 17.0. The van der Waals surface area contributed by atoms with Crippen LogP contribution in [0.15, 0.2) is 42.5 Å². The van der Waals surface area contributed by atoms with Gasteiger partial charge in [0.1, 0.15) is 11.9 Å². The average Bonchev–Trinajstić information content (AvgIpc) is 3.13. The minimum atomic E-state index is -0.153. The molecular weight excluding hydrogens is 342 g/mol. The van der Waals surface area contributed by atoms with Crippen molar-refractivity contribution in [3.8, 4) is 11.6 Å². The Morgan fingerprint density at radius 2 is 2.07 bits per heavy atom. The molecule has 3 heterocycles. The van der Waals surface area contributed by atoms with E-state index >= 15 is 0 Å². The molecule has 27 heavy (non-hydrogen) atoms. The molecule has 1 atom stereocenters. The van der Waals surface area contributed by atoms with E-state index in [0.717, 1.165) is 35.2 Å². The first kappa shape index (κ1) is 17.6. The van der Waals surface area contributed by atoms with Crippen LogP contribution >= 0.6 is 0 Å². The molecule has 4 rings (SSSR count). The Bertz CT molecular complexity index is 918. The van der Waals surface area contributed by atoms with Crippen molar-refractivity contribution in [2.75, 3.05) is 26.8 Å².